The lowest BCUT2D eigenvalue weighted by Crippen LogP contribution is -2.18. The summed E-state index contributed by atoms with van der Waals surface area (Å²) in [6, 6.07) is 7.40. The van der Waals surface area contributed by atoms with Gasteiger partial charge in [0, 0.05) is 5.39 Å². The summed E-state index contributed by atoms with van der Waals surface area (Å²) in [5, 5.41) is 11.5. The van der Waals surface area contributed by atoms with Gasteiger partial charge in [-0.25, -0.2) is 0 Å². The highest BCUT2D eigenvalue weighted by atomic mass is 35.5. The van der Waals surface area contributed by atoms with E-state index in [2.05, 4.69) is 0 Å². The molecule has 0 aliphatic carbocycles. The average Bonchev–Trinajstić information content (AvgIpc) is 2.64. The van der Waals surface area contributed by atoms with Crippen molar-refractivity contribution >= 4 is 22.6 Å². The van der Waals surface area contributed by atoms with Crippen molar-refractivity contribution in [3.05, 3.63) is 35.0 Å². The molecular weight excluding hydrogens is 212 g/mol. The van der Waals surface area contributed by atoms with Crippen LogP contribution >= 0.6 is 11.6 Å². The summed E-state index contributed by atoms with van der Waals surface area (Å²) in [7, 11) is 0. The van der Waals surface area contributed by atoms with Crippen molar-refractivity contribution < 1.29 is 9.52 Å². The van der Waals surface area contributed by atoms with Gasteiger partial charge in [-0.1, -0.05) is 30.7 Å². The Kier molecular flexibility index (Phi) is 2.49. The molecule has 1 aromatic heterocycles. The molecule has 1 N–H and O–H groups in total. The highest BCUT2D eigenvalue weighted by Crippen LogP contribution is 2.33. The van der Waals surface area contributed by atoms with Crippen molar-refractivity contribution in [1.29, 1.82) is 0 Å². The van der Waals surface area contributed by atoms with Gasteiger partial charge in [-0.3, -0.25) is 0 Å². The number of rotatable bonds is 2. The molecule has 2 rings (SSSR count). The Morgan fingerprint density at radius 2 is 2.20 bits per heavy atom. The minimum Gasteiger partial charge on any atom is -0.456 e. The fourth-order valence-electron chi connectivity index (χ4n) is 1.47. The summed E-state index contributed by atoms with van der Waals surface area (Å²) in [4.78, 5) is 0. The van der Waals surface area contributed by atoms with Crippen LogP contribution in [0.1, 0.15) is 26.0 Å². The Labute approximate surface area is 93.5 Å². The molecule has 0 fully saturated rings. The topological polar surface area (TPSA) is 33.4 Å². The van der Waals surface area contributed by atoms with Gasteiger partial charge in [0.15, 0.2) is 5.58 Å². The quantitative estimate of drug-likeness (QED) is 0.844. The van der Waals surface area contributed by atoms with Gasteiger partial charge in [0.1, 0.15) is 11.4 Å². The normalized spacial score (nSPS) is 15.5. The van der Waals surface area contributed by atoms with Crippen molar-refractivity contribution in [2.45, 2.75) is 25.9 Å². The lowest BCUT2D eigenvalue weighted by atomic mass is 10.0. The number of halogens is 1. The second-order valence-corrected chi connectivity index (χ2v) is 4.30. The van der Waals surface area contributed by atoms with Crippen LogP contribution in [0.3, 0.4) is 0 Å². The molecule has 3 heteroatoms. The number of fused-ring (bicyclic) bond motifs is 1. The summed E-state index contributed by atoms with van der Waals surface area (Å²) in [6.07, 6.45) is 0.602. The summed E-state index contributed by atoms with van der Waals surface area (Å²) < 4.78 is 5.57. The summed E-state index contributed by atoms with van der Waals surface area (Å²) >= 11 is 5.99. The zero-order chi connectivity index (χ0) is 11.1. The highest BCUT2D eigenvalue weighted by Gasteiger charge is 2.25. The summed E-state index contributed by atoms with van der Waals surface area (Å²) in [5.41, 5.74) is -0.287. The second-order valence-electron chi connectivity index (χ2n) is 3.90. The first-order chi connectivity index (χ1) is 7.04. The third kappa shape index (κ3) is 1.75. The minimum atomic E-state index is -0.928. The van der Waals surface area contributed by atoms with E-state index in [0.29, 0.717) is 22.8 Å². The van der Waals surface area contributed by atoms with E-state index in [4.69, 9.17) is 16.0 Å². The van der Waals surface area contributed by atoms with Gasteiger partial charge in [0.25, 0.3) is 0 Å². The molecule has 0 saturated carbocycles. The standard InChI is InChI=1S/C12H13ClO2/c1-3-12(2,14)10-7-8-5-4-6-9(13)11(8)15-10/h4-7,14H,3H2,1-2H3. The van der Waals surface area contributed by atoms with Crippen LogP contribution in [0, 0.1) is 0 Å². The van der Waals surface area contributed by atoms with E-state index in [-0.39, 0.29) is 0 Å². The first-order valence-electron chi connectivity index (χ1n) is 4.95. The zero-order valence-electron chi connectivity index (χ0n) is 8.75. The van der Waals surface area contributed by atoms with E-state index in [1.54, 1.807) is 13.0 Å². The fraction of sp³-hybridized carbons (Fsp3) is 0.333. The third-order valence-electron chi connectivity index (χ3n) is 2.72. The smallest absolute Gasteiger partial charge is 0.153 e. The van der Waals surface area contributed by atoms with E-state index in [9.17, 15) is 5.11 Å². The first kappa shape index (κ1) is 10.5. The van der Waals surface area contributed by atoms with E-state index in [1.807, 2.05) is 25.1 Å². The largest absolute Gasteiger partial charge is 0.456 e. The molecule has 0 saturated heterocycles. The van der Waals surface area contributed by atoms with Crippen molar-refractivity contribution in [2.24, 2.45) is 0 Å². The van der Waals surface area contributed by atoms with Gasteiger partial charge in [-0.2, -0.15) is 0 Å². The molecule has 15 heavy (non-hydrogen) atoms. The molecule has 0 bridgehead atoms. The molecule has 0 spiro atoms. The van der Waals surface area contributed by atoms with Crippen molar-refractivity contribution in [2.75, 3.05) is 0 Å². The van der Waals surface area contributed by atoms with Crippen LogP contribution in [-0.2, 0) is 5.60 Å². The van der Waals surface area contributed by atoms with E-state index >= 15 is 0 Å². The average molecular weight is 225 g/mol. The monoisotopic (exact) mass is 224 g/mol. The maximum atomic E-state index is 10.0. The molecule has 0 radical (unpaired) electrons. The van der Waals surface area contributed by atoms with E-state index < -0.39 is 5.60 Å². The maximum Gasteiger partial charge on any atom is 0.153 e. The molecule has 0 aliphatic rings. The SMILES string of the molecule is CCC(C)(O)c1cc2cccc(Cl)c2o1. The predicted octanol–water partition coefficient (Wildman–Crippen LogP) is 3.70. The minimum absolute atomic E-state index is 0.563. The number of para-hydroxylation sites is 1. The molecule has 2 aromatic rings. The lowest BCUT2D eigenvalue weighted by Gasteiger charge is -2.17. The molecule has 1 aromatic carbocycles. The fourth-order valence-corrected chi connectivity index (χ4v) is 1.69. The van der Waals surface area contributed by atoms with Gasteiger partial charge in [0.05, 0.1) is 5.02 Å². The predicted molar refractivity (Wildman–Crippen MR) is 61.1 cm³/mol. The third-order valence-corrected chi connectivity index (χ3v) is 3.01. The molecule has 0 amide bonds. The Bertz CT molecular complexity index is 485. The summed E-state index contributed by atoms with van der Waals surface area (Å²) in [6.45, 7) is 3.65. The maximum absolute atomic E-state index is 10.0. The van der Waals surface area contributed by atoms with Crippen LogP contribution in [-0.4, -0.2) is 5.11 Å². The number of benzene rings is 1. The van der Waals surface area contributed by atoms with Crippen LogP contribution in [0.2, 0.25) is 5.02 Å². The lowest BCUT2D eigenvalue weighted by molar-refractivity contribution is 0.0318. The highest BCUT2D eigenvalue weighted by molar-refractivity contribution is 6.34. The summed E-state index contributed by atoms with van der Waals surface area (Å²) in [5.74, 6) is 0.563. The molecule has 0 aliphatic heterocycles. The van der Waals surface area contributed by atoms with Gasteiger partial charge < -0.3 is 9.52 Å². The Morgan fingerprint density at radius 1 is 1.47 bits per heavy atom. The van der Waals surface area contributed by atoms with Gasteiger partial charge >= 0.3 is 0 Å². The molecular formula is C12H13ClO2. The Morgan fingerprint density at radius 3 is 2.80 bits per heavy atom. The van der Waals surface area contributed by atoms with Gasteiger partial charge in [-0.05, 0) is 25.5 Å². The van der Waals surface area contributed by atoms with Crippen molar-refractivity contribution in [1.82, 2.24) is 0 Å². The van der Waals surface area contributed by atoms with Crippen LogP contribution in [0.15, 0.2) is 28.7 Å². The van der Waals surface area contributed by atoms with Crippen LogP contribution < -0.4 is 0 Å². The van der Waals surface area contributed by atoms with Crippen LogP contribution in [0.5, 0.6) is 0 Å². The number of furan rings is 1. The zero-order valence-corrected chi connectivity index (χ0v) is 9.51. The molecule has 1 unspecified atom stereocenters. The number of hydrogen-bond acceptors (Lipinski definition) is 2. The Hall–Kier alpha value is -0.990. The van der Waals surface area contributed by atoms with Crippen LogP contribution in [0.4, 0.5) is 0 Å². The van der Waals surface area contributed by atoms with Crippen molar-refractivity contribution in [3.63, 3.8) is 0 Å². The molecule has 1 heterocycles. The molecule has 1 atom stereocenters. The molecule has 2 nitrogen and oxygen atoms in total. The van der Waals surface area contributed by atoms with Crippen molar-refractivity contribution in [3.8, 4) is 0 Å². The van der Waals surface area contributed by atoms with E-state index in [1.165, 1.54) is 0 Å². The second kappa shape index (κ2) is 3.54. The Balaban J connectivity index is 2.62. The van der Waals surface area contributed by atoms with Gasteiger partial charge in [0.2, 0.25) is 0 Å². The first-order valence-corrected chi connectivity index (χ1v) is 5.33. The number of hydrogen-bond donors (Lipinski definition) is 1. The van der Waals surface area contributed by atoms with Crippen LogP contribution in [0.25, 0.3) is 11.0 Å². The van der Waals surface area contributed by atoms with Gasteiger partial charge in [-0.15, -0.1) is 0 Å². The van der Waals surface area contributed by atoms with E-state index in [0.717, 1.165) is 5.39 Å². The molecule has 80 valence electrons. The number of aliphatic hydroxyl groups is 1.